The van der Waals surface area contributed by atoms with Crippen LogP contribution in [-0.4, -0.2) is 37.1 Å². The lowest BCUT2D eigenvalue weighted by Crippen LogP contribution is -2.35. The van der Waals surface area contributed by atoms with Crippen molar-refractivity contribution in [1.29, 1.82) is 0 Å². The molecule has 84 valence electrons. The first-order valence-electron chi connectivity index (χ1n) is 6.18. The Labute approximate surface area is 89.1 Å². The van der Waals surface area contributed by atoms with Crippen LogP contribution in [0.4, 0.5) is 0 Å². The largest absolute Gasteiger partial charge is 0.315 e. The van der Waals surface area contributed by atoms with Gasteiger partial charge in [0, 0.05) is 19.1 Å². The summed E-state index contributed by atoms with van der Waals surface area (Å²) in [6.07, 6.45) is 4.16. The summed E-state index contributed by atoms with van der Waals surface area (Å²) in [5.41, 5.74) is 0. The van der Waals surface area contributed by atoms with E-state index in [0.29, 0.717) is 0 Å². The molecule has 0 unspecified atom stereocenters. The molecule has 1 aliphatic carbocycles. The molecule has 1 rings (SSSR count). The second kappa shape index (κ2) is 6.41. The highest BCUT2D eigenvalue weighted by Crippen LogP contribution is 2.26. The molecular weight excluding hydrogens is 172 g/mol. The maximum atomic E-state index is 3.51. The lowest BCUT2D eigenvalue weighted by Gasteiger charge is -2.21. The van der Waals surface area contributed by atoms with Crippen LogP contribution < -0.4 is 5.32 Å². The lowest BCUT2D eigenvalue weighted by atomic mass is 10.2. The van der Waals surface area contributed by atoms with Crippen molar-refractivity contribution in [3.63, 3.8) is 0 Å². The van der Waals surface area contributed by atoms with E-state index in [1.165, 1.54) is 32.4 Å². The predicted octanol–water partition coefficient (Wildman–Crippen LogP) is 2.11. The predicted molar refractivity (Wildman–Crippen MR) is 62.6 cm³/mol. The van der Waals surface area contributed by atoms with E-state index in [0.717, 1.165) is 25.0 Å². The Bertz CT molecular complexity index is 141. The third-order valence-corrected chi connectivity index (χ3v) is 2.70. The summed E-state index contributed by atoms with van der Waals surface area (Å²) in [5, 5.41) is 3.51. The SMILES string of the molecule is CCCN(CCNCC(C)C)C1CC1. The van der Waals surface area contributed by atoms with E-state index in [9.17, 15) is 0 Å². The summed E-state index contributed by atoms with van der Waals surface area (Å²) in [4.78, 5) is 2.65. The zero-order valence-corrected chi connectivity index (χ0v) is 10.1. The molecule has 0 saturated heterocycles. The van der Waals surface area contributed by atoms with Gasteiger partial charge in [0.2, 0.25) is 0 Å². The second-order valence-corrected chi connectivity index (χ2v) is 4.87. The van der Waals surface area contributed by atoms with E-state index in [4.69, 9.17) is 0 Å². The third-order valence-electron chi connectivity index (χ3n) is 2.70. The minimum absolute atomic E-state index is 0.774. The Balaban J connectivity index is 2.01. The topological polar surface area (TPSA) is 15.3 Å². The molecule has 2 nitrogen and oxygen atoms in total. The van der Waals surface area contributed by atoms with E-state index in [-0.39, 0.29) is 0 Å². The summed E-state index contributed by atoms with van der Waals surface area (Å²) < 4.78 is 0. The van der Waals surface area contributed by atoms with Crippen LogP contribution >= 0.6 is 0 Å². The summed E-state index contributed by atoms with van der Waals surface area (Å²) in [6, 6.07) is 0.927. The number of hydrogen-bond acceptors (Lipinski definition) is 2. The summed E-state index contributed by atoms with van der Waals surface area (Å²) in [6.45, 7) is 11.6. The van der Waals surface area contributed by atoms with Crippen LogP contribution in [0.5, 0.6) is 0 Å². The van der Waals surface area contributed by atoms with Gasteiger partial charge < -0.3 is 5.32 Å². The molecule has 0 spiro atoms. The van der Waals surface area contributed by atoms with Crippen molar-refractivity contribution in [2.75, 3.05) is 26.2 Å². The van der Waals surface area contributed by atoms with E-state index in [1.807, 2.05) is 0 Å². The van der Waals surface area contributed by atoms with Crippen LogP contribution in [0, 0.1) is 5.92 Å². The highest BCUT2D eigenvalue weighted by Gasteiger charge is 2.27. The number of nitrogens with zero attached hydrogens (tertiary/aromatic N) is 1. The van der Waals surface area contributed by atoms with Crippen LogP contribution in [0.3, 0.4) is 0 Å². The van der Waals surface area contributed by atoms with Crippen molar-refractivity contribution < 1.29 is 0 Å². The zero-order chi connectivity index (χ0) is 10.4. The van der Waals surface area contributed by atoms with Crippen molar-refractivity contribution >= 4 is 0 Å². The highest BCUT2D eigenvalue weighted by atomic mass is 15.2. The molecule has 1 N–H and O–H groups in total. The van der Waals surface area contributed by atoms with Crippen LogP contribution in [0.15, 0.2) is 0 Å². The lowest BCUT2D eigenvalue weighted by molar-refractivity contribution is 0.262. The molecule has 0 atom stereocenters. The van der Waals surface area contributed by atoms with Gasteiger partial charge >= 0.3 is 0 Å². The van der Waals surface area contributed by atoms with Crippen molar-refractivity contribution in [3.8, 4) is 0 Å². The van der Waals surface area contributed by atoms with Crippen molar-refractivity contribution in [2.24, 2.45) is 5.92 Å². The van der Waals surface area contributed by atoms with Gasteiger partial charge in [-0.1, -0.05) is 20.8 Å². The highest BCUT2D eigenvalue weighted by molar-refractivity contribution is 4.84. The van der Waals surface area contributed by atoms with Gasteiger partial charge in [0.1, 0.15) is 0 Å². The zero-order valence-electron chi connectivity index (χ0n) is 10.1. The number of rotatable bonds is 8. The molecular formula is C12H26N2. The van der Waals surface area contributed by atoms with E-state index >= 15 is 0 Å². The fourth-order valence-electron chi connectivity index (χ4n) is 1.82. The van der Waals surface area contributed by atoms with Gasteiger partial charge in [0.15, 0.2) is 0 Å². The van der Waals surface area contributed by atoms with Crippen molar-refractivity contribution in [1.82, 2.24) is 10.2 Å². The number of hydrogen-bond donors (Lipinski definition) is 1. The molecule has 0 amide bonds. The molecule has 1 fully saturated rings. The van der Waals surface area contributed by atoms with Crippen LogP contribution in [0.25, 0.3) is 0 Å². The number of nitrogens with one attached hydrogen (secondary N) is 1. The minimum atomic E-state index is 0.774. The maximum Gasteiger partial charge on any atom is 0.0110 e. The monoisotopic (exact) mass is 198 g/mol. The van der Waals surface area contributed by atoms with E-state index in [2.05, 4.69) is 31.0 Å². The molecule has 0 aromatic rings. The van der Waals surface area contributed by atoms with Gasteiger partial charge in [-0.2, -0.15) is 0 Å². The fraction of sp³-hybridized carbons (Fsp3) is 1.00. The Morgan fingerprint density at radius 1 is 1.29 bits per heavy atom. The summed E-state index contributed by atoms with van der Waals surface area (Å²) in [7, 11) is 0. The average molecular weight is 198 g/mol. The first kappa shape index (κ1) is 12.0. The normalized spacial score (nSPS) is 16.9. The Kier molecular flexibility index (Phi) is 5.49. The van der Waals surface area contributed by atoms with Gasteiger partial charge in [0.25, 0.3) is 0 Å². The molecule has 0 radical (unpaired) electrons. The molecule has 0 aliphatic heterocycles. The van der Waals surface area contributed by atoms with Gasteiger partial charge in [-0.3, -0.25) is 4.90 Å². The summed E-state index contributed by atoms with van der Waals surface area (Å²) >= 11 is 0. The van der Waals surface area contributed by atoms with Crippen LogP contribution in [-0.2, 0) is 0 Å². The maximum absolute atomic E-state index is 3.51. The van der Waals surface area contributed by atoms with Crippen molar-refractivity contribution in [2.45, 2.75) is 46.1 Å². The minimum Gasteiger partial charge on any atom is -0.315 e. The fourth-order valence-corrected chi connectivity index (χ4v) is 1.82. The smallest absolute Gasteiger partial charge is 0.0110 e. The molecule has 0 aromatic carbocycles. The third kappa shape index (κ3) is 4.97. The Hall–Kier alpha value is -0.0800. The average Bonchev–Trinajstić information content (AvgIpc) is 2.93. The van der Waals surface area contributed by atoms with Gasteiger partial charge in [-0.05, 0) is 38.3 Å². The first-order chi connectivity index (χ1) is 6.74. The molecule has 2 heteroatoms. The molecule has 0 bridgehead atoms. The van der Waals surface area contributed by atoms with Gasteiger partial charge in [0.05, 0.1) is 0 Å². The first-order valence-corrected chi connectivity index (χ1v) is 6.18. The van der Waals surface area contributed by atoms with Gasteiger partial charge in [-0.15, -0.1) is 0 Å². The Morgan fingerprint density at radius 2 is 2.00 bits per heavy atom. The summed E-state index contributed by atoms with van der Waals surface area (Å²) in [5.74, 6) is 0.774. The van der Waals surface area contributed by atoms with Crippen molar-refractivity contribution in [3.05, 3.63) is 0 Å². The van der Waals surface area contributed by atoms with Crippen LogP contribution in [0.2, 0.25) is 0 Å². The molecule has 0 aromatic heterocycles. The standard InChI is InChI=1S/C12H26N2/c1-4-8-14(12-5-6-12)9-7-13-10-11(2)3/h11-13H,4-10H2,1-3H3. The molecule has 1 aliphatic rings. The second-order valence-electron chi connectivity index (χ2n) is 4.87. The Morgan fingerprint density at radius 3 is 2.50 bits per heavy atom. The van der Waals surface area contributed by atoms with E-state index < -0.39 is 0 Å². The molecule has 1 saturated carbocycles. The molecule has 14 heavy (non-hydrogen) atoms. The quantitative estimate of drug-likeness (QED) is 0.601. The molecule has 0 heterocycles. The van der Waals surface area contributed by atoms with Crippen LogP contribution in [0.1, 0.15) is 40.0 Å². The van der Waals surface area contributed by atoms with E-state index in [1.54, 1.807) is 0 Å². The van der Waals surface area contributed by atoms with Gasteiger partial charge in [-0.25, -0.2) is 0 Å².